The number of benzene rings is 2. The van der Waals surface area contributed by atoms with Crippen LogP contribution in [0.15, 0.2) is 70.0 Å². The second-order valence-electron chi connectivity index (χ2n) is 6.22. The van der Waals surface area contributed by atoms with Crippen LogP contribution in [0.25, 0.3) is 17.4 Å². The maximum atomic E-state index is 12.9. The average Bonchev–Trinajstić information content (AvgIpc) is 3.33. The van der Waals surface area contributed by atoms with Gasteiger partial charge in [-0.1, -0.05) is 36.1 Å². The lowest BCUT2D eigenvalue weighted by Crippen LogP contribution is -2.27. The fourth-order valence-electron chi connectivity index (χ4n) is 2.91. The van der Waals surface area contributed by atoms with Crippen LogP contribution >= 0.6 is 24.0 Å². The Bertz CT molecular complexity index is 1180. The molecule has 0 radical (unpaired) electrons. The minimum absolute atomic E-state index is 0.0224. The Kier molecular flexibility index (Phi) is 5.39. The van der Waals surface area contributed by atoms with E-state index in [1.165, 1.54) is 28.8 Å². The minimum atomic E-state index is -0.460. The molecule has 0 N–H and O–H groups in total. The third-order valence-electron chi connectivity index (χ3n) is 4.37. The van der Waals surface area contributed by atoms with Crippen molar-refractivity contribution in [2.24, 2.45) is 0 Å². The second-order valence-corrected chi connectivity index (χ2v) is 7.90. The number of carbonyl (C=O) groups is 1. The molecule has 7 nitrogen and oxygen atoms in total. The van der Waals surface area contributed by atoms with Crippen LogP contribution in [0, 0.1) is 10.1 Å². The number of amides is 1. The number of hydrogen-bond donors (Lipinski definition) is 0. The molecule has 3 aromatic rings. The van der Waals surface area contributed by atoms with Crippen molar-refractivity contribution >= 4 is 51.7 Å². The Labute approximate surface area is 181 Å². The topological polar surface area (TPSA) is 85.8 Å². The molecule has 0 unspecified atom stereocenters. The standard InChI is InChI=1S/C21H14N2O5S2/c1-27-16-7-5-14(6-8-16)22-20(24)19(30-21(22)29)12-17-9-10-18(28-17)13-3-2-4-15(11-13)23(25)26/h2-12H,1H3/b19-12-. The fourth-order valence-corrected chi connectivity index (χ4v) is 4.19. The highest BCUT2D eigenvalue weighted by Crippen LogP contribution is 2.37. The normalized spacial score (nSPS) is 15.1. The largest absolute Gasteiger partial charge is 0.497 e. The molecule has 0 aliphatic carbocycles. The second kappa shape index (κ2) is 8.13. The van der Waals surface area contributed by atoms with Crippen LogP contribution in [-0.4, -0.2) is 22.3 Å². The molecule has 1 amide bonds. The summed E-state index contributed by atoms with van der Waals surface area (Å²) in [6.07, 6.45) is 1.61. The first-order chi connectivity index (χ1) is 14.5. The van der Waals surface area contributed by atoms with Crippen LogP contribution in [0.1, 0.15) is 5.76 Å². The molecule has 2 aromatic carbocycles. The number of hydrogen-bond acceptors (Lipinski definition) is 7. The molecule has 0 spiro atoms. The number of nitrogens with zero attached hydrogens (tertiary/aromatic N) is 2. The third-order valence-corrected chi connectivity index (χ3v) is 5.67. The highest BCUT2D eigenvalue weighted by molar-refractivity contribution is 8.27. The van der Waals surface area contributed by atoms with Gasteiger partial charge in [-0.3, -0.25) is 19.8 Å². The summed E-state index contributed by atoms with van der Waals surface area (Å²) in [6.45, 7) is 0. The highest BCUT2D eigenvalue weighted by Gasteiger charge is 2.33. The lowest BCUT2D eigenvalue weighted by Gasteiger charge is -2.14. The van der Waals surface area contributed by atoms with Gasteiger partial charge in [-0.05, 0) is 36.4 Å². The predicted octanol–water partition coefficient (Wildman–Crippen LogP) is 5.27. The number of nitro groups is 1. The van der Waals surface area contributed by atoms with Gasteiger partial charge in [0.15, 0.2) is 4.32 Å². The summed E-state index contributed by atoms with van der Waals surface area (Å²) in [5.74, 6) is 1.36. The number of carbonyl (C=O) groups excluding carboxylic acids is 1. The Balaban J connectivity index is 1.58. The smallest absolute Gasteiger partial charge is 0.270 e. The van der Waals surface area contributed by atoms with E-state index in [-0.39, 0.29) is 11.6 Å². The molecule has 0 saturated carbocycles. The van der Waals surface area contributed by atoms with Crippen LogP contribution < -0.4 is 9.64 Å². The summed E-state index contributed by atoms with van der Waals surface area (Å²) >= 11 is 6.56. The van der Waals surface area contributed by atoms with E-state index in [0.29, 0.717) is 37.7 Å². The van der Waals surface area contributed by atoms with Crippen LogP contribution in [0.5, 0.6) is 5.75 Å². The Morgan fingerprint density at radius 2 is 1.93 bits per heavy atom. The van der Waals surface area contributed by atoms with E-state index in [1.54, 1.807) is 61.7 Å². The van der Waals surface area contributed by atoms with Crippen molar-refractivity contribution in [2.45, 2.75) is 0 Å². The lowest BCUT2D eigenvalue weighted by molar-refractivity contribution is -0.384. The summed E-state index contributed by atoms with van der Waals surface area (Å²) in [6, 6.07) is 16.6. The number of methoxy groups -OCH3 is 1. The first-order valence-corrected chi connectivity index (χ1v) is 9.95. The highest BCUT2D eigenvalue weighted by atomic mass is 32.2. The summed E-state index contributed by atoms with van der Waals surface area (Å²) in [7, 11) is 1.57. The summed E-state index contributed by atoms with van der Waals surface area (Å²) in [5, 5.41) is 11.0. The van der Waals surface area contributed by atoms with Crippen molar-refractivity contribution in [1.82, 2.24) is 0 Å². The van der Waals surface area contributed by atoms with Crippen molar-refractivity contribution in [3.8, 4) is 17.1 Å². The zero-order valence-corrected chi connectivity index (χ0v) is 17.2. The van der Waals surface area contributed by atoms with Crippen molar-refractivity contribution in [2.75, 3.05) is 12.0 Å². The Morgan fingerprint density at radius 3 is 2.63 bits per heavy atom. The number of ether oxygens (including phenoxy) is 1. The van der Waals surface area contributed by atoms with E-state index in [1.807, 2.05) is 0 Å². The number of nitro benzene ring substituents is 1. The molecule has 9 heteroatoms. The first kappa shape index (κ1) is 19.9. The predicted molar refractivity (Wildman–Crippen MR) is 119 cm³/mol. The van der Waals surface area contributed by atoms with Gasteiger partial charge in [0.25, 0.3) is 11.6 Å². The number of rotatable bonds is 5. The maximum Gasteiger partial charge on any atom is 0.270 e. The zero-order valence-electron chi connectivity index (χ0n) is 15.6. The molecule has 1 fully saturated rings. The van der Waals surface area contributed by atoms with E-state index >= 15 is 0 Å². The van der Waals surface area contributed by atoms with Crippen LogP contribution in [0.4, 0.5) is 11.4 Å². The van der Waals surface area contributed by atoms with Crippen molar-refractivity contribution in [1.29, 1.82) is 0 Å². The van der Waals surface area contributed by atoms with E-state index in [4.69, 9.17) is 21.4 Å². The van der Waals surface area contributed by atoms with Crippen molar-refractivity contribution in [3.05, 3.63) is 81.4 Å². The molecule has 1 saturated heterocycles. The van der Waals surface area contributed by atoms with Crippen LogP contribution in [0.3, 0.4) is 0 Å². The summed E-state index contributed by atoms with van der Waals surface area (Å²) in [5.41, 5.74) is 1.21. The molecule has 0 bridgehead atoms. The molecule has 1 aliphatic heterocycles. The van der Waals surface area contributed by atoms with Gasteiger partial charge in [0.1, 0.15) is 17.3 Å². The number of furan rings is 1. The number of thioether (sulfide) groups is 1. The van der Waals surface area contributed by atoms with Gasteiger partial charge in [0.2, 0.25) is 0 Å². The average molecular weight is 438 g/mol. The molecule has 1 aromatic heterocycles. The monoisotopic (exact) mass is 438 g/mol. The van der Waals surface area contributed by atoms with Crippen LogP contribution in [0.2, 0.25) is 0 Å². The van der Waals surface area contributed by atoms with Crippen molar-refractivity contribution in [3.63, 3.8) is 0 Å². The molecule has 30 heavy (non-hydrogen) atoms. The van der Waals surface area contributed by atoms with Gasteiger partial charge in [-0.2, -0.15) is 0 Å². The maximum absolute atomic E-state index is 12.9. The fraction of sp³-hybridized carbons (Fsp3) is 0.0476. The quantitative estimate of drug-likeness (QED) is 0.232. The van der Waals surface area contributed by atoms with Crippen LogP contribution in [-0.2, 0) is 4.79 Å². The summed E-state index contributed by atoms with van der Waals surface area (Å²) < 4.78 is 11.3. The van der Waals surface area contributed by atoms with Gasteiger partial charge in [-0.15, -0.1) is 0 Å². The molecule has 2 heterocycles. The van der Waals surface area contributed by atoms with Gasteiger partial charge in [0, 0.05) is 23.8 Å². The molecular weight excluding hydrogens is 424 g/mol. The first-order valence-electron chi connectivity index (χ1n) is 8.73. The molecule has 4 rings (SSSR count). The lowest BCUT2D eigenvalue weighted by atomic mass is 10.1. The number of anilines is 1. The third kappa shape index (κ3) is 3.85. The van der Waals surface area contributed by atoms with E-state index < -0.39 is 4.92 Å². The minimum Gasteiger partial charge on any atom is -0.497 e. The Morgan fingerprint density at radius 1 is 1.17 bits per heavy atom. The van der Waals surface area contributed by atoms with E-state index in [0.717, 1.165) is 0 Å². The molecular formula is C21H14N2O5S2. The van der Waals surface area contributed by atoms with Crippen molar-refractivity contribution < 1.29 is 18.9 Å². The number of non-ortho nitro benzene ring substituents is 1. The summed E-state index contributed by atoms with van der Waals surface area (Å²) in [4.78, 5) is 25.3. The molecule has 1 aliphatic rings. The van der Waals surface area contributed by atoms with E-state index in [9.17, 15) is 14.9 Å². The Hall–Kier alpha value is -3.43. The zero-order chi connectivity index (χ0) is 21.3. The van der Waals surface area contributed by atoms with Gasteiger partial charge in [-0.25, -0.2) is 0 Å². The number of thiocarbonyl (C=S) groups is 1. The van der Waals surface area contributed by atoms with Gasteiger partial charge in [0.05, 0.1) is 22.6 Å². The SMILES string of the molecule is COc1ccc(N2C(=O)/C(=C/c3ccc(-c4cccc([N+](=O)[O-])c4)o3)SC2=S)cc1. The molecule has 0 atom stereocenters. The van der Waals surface area contributed by atoms with Gasteiger partial charge >= 0.3 is 0 Å². The molecule has 150 valence electrons. The van der Waals surface area contributed by atoms with Gasteiger partial charge < -0.3 is 9.15 Å². The van der Waals surface area contributed by atoms with E-state index in [2.05, 4.69) is 0 Å².